The predicted molar refractivity (Wildman–Crippen MR) is 66.4 cm³/mol. The Kier molecular flexibility index (Phi) is 3.45. The van der Waals surface area contributed by atoms with Gasteiger partial charge in [-0.3, -0.25) is 4.79 Å². The summed E-state index contributed by atoms with van der Waals surface area (Å²) in [4.78, 5) is 11.6. The van der Waals surface area contributed by atoms with Gasteiger partial charge in [-0.2, -0.15) is 0 Å². The SMILES string of the molecule is CC(C)(C)CC(=O)OCc1ccc2c(c1)OCO2. The normalized spacial score (nSPS) is 13.5. The van der Waals surface area contributed by atoms with Crippen LogP contribution in [0, 0.1) is 5.41 Å². The molecule has 0 saturated carbocycles. The molecule has 98 valence electrons. The molecule has 1 aliphatic heterocycles. The van der Waals surface area contributed by atoms with E-state index in [2.05, 4.69) is 0 Å². The van der Waals surface area contributed by atoms with E-state index in [0.717, 1.165) is 11.3 Å². The number of hydrogen-bond donors (Lipinski definition) is 0. The van der Waals surface area contributed by atoms with Crippen LogP contribution < -0.4 is 9.47 Å². The molecule has 0 amide bonds. The molecule has 0 aromatic heterocycles. The van der Waals surface area contributed by atoms with E-state index in [9.17, 15) is 4.79 Å². The van der Waals surface area contributed by atoms with Gasteiger partial charge in [0.05, 0.1) is 6.42 Å². The third-order valence-corrected chi connectivity index (χ3v) is 2.51. The van der Waals surface area contributed by atoms with Gasteiger partial charge in [0.25, 0.3) is 0 Å². The van der Waals surface area contributed by atoms with Crippen molar-refractivity contribution in [1.29, 1.82) is 0 Å². The van der Waals surface area contributed by atoms with Gasteiger partial charge in [-0.05, 0) is 23.1 Å². The highest BCUT2D eigenvalue weighted by molar-refractivity contribution is 5.70. The van der Waals surface area contributed by atoms with E-state index in [-0.39, 0.29) is 24.8 Å². The van der Waals surface area contributed by atoms with Crippen LogP contribution >= 0.6 is 0 Å². The molecule has 0 saturated heterocycles. The largest absolute Gasteiger partial charge is 0.461 e. The van der Waals surface area contributed by atoms with Crippen LogP contribution in [0.1, 0.15) is 32.8 Å². The van der Waals surface area contributed by atoms with Gasteiger partial charge in [0, 0.05) is 0 Å². The van der Waals surface area contributed by atoms with Crippen LogP contribution in [0.3, 0.4) is 0 Å². The molecule has 0 aliphatic carbocycles. The van der Waals surface area contributed by atoms with Gasteiger partial charge in [-0.1, -0.05) is 26.8 Å². The highest BCUT2D eigenvalue weighted by Crippen LogP contribution is 2.32. The van der Waals surface area contributed by atoms with E-state index in [1.165, 1.54) is 0 Å². The van der Waals surface area contributed by atoms with Gasteiger partial charge >= 0.3 is 5.97 Å². The summed E-state index contributed by atoms with van der Waals surface area (Å²) < 4.78 is 15.7. The Balaban J connectivity index is 1.89. The first-order chi connectivity index (χ1) is 8.44. The number of rotatable bonds is 3. The highest BCUT2D eigenvalue weighted by Gasteiger charge is 2.18. The van der Waals surface area contributed by atoms with Crippen molar-refractivity contribution >= 4 is 5.97 Å². The van der Waals surface area contributed by atoms with Gasteiger partial charge in [0.2, 0.25) is 6.79 Å². The van der Waals surface area contributed by atoms with Crippen molar-refractivity contribution in [3.63, 3.8) is 0 Å². The average Bonchev–Trinajstić information content (AvgIpc) is 2.71. The number of esters is 1. The lowest BCUT2D eigenvalue weighted by Gasteiger charge is -2.16. The number of carbonyl (C=O) groups is 1. The summed E-state index contributed by atoms with van der Waals surface area (Å²) in [6.45, 7) is 6.55. The van der Waals surface area contributed by atoms with Crippen molar-refractivity contribution < 1.29 is 19.0 Å². The van der Waals surface area contributed by atoms with Crippen molar-refractivity contribution in [3.05, 3.63) is 23.8 Å². The summed E-state index contributed by atoms with van der Waals surface area (Å²) in [6, 6.07) is 5.54. The van der Waals surface area contributed by atoms with Gasteiger partial charge in [-0.25, -0.2) is 0 Å². The van der Waals surface area contributed by atoms with Crippen molar-refractivity contribution in [2.75, 3.05) is 6.79 Å². The smallest absolute Gasteiger partial charge is 0.306 e. The first kappa shape index (κ1) is 12.7. The Morgan fingerprint density at radius 1 is 1.28 bits per heavy atom. The highest BCUT2D eigenvalue weighted by atomic mass is 16.7. The minimum atomic E-state index is -0.180. The van der Waals surface area contributed by atoms with Crippen molar-refractivity contribution in [3.8, 4) is 11.5 Å². The molecule has 0 radical (unpaired) electrons. The molecule has 0 unspecified atom stereocenters. The molecule has 18 heavy (non-hydrogen) atoms. The molecule has 4 heteroatoms. The van der Waals surface area contributed by atoms with Crippen LogP contribution in [0.25, 0.3) is 0 Å². The summed E-state index contributed by atoms with van der Waals surface area (Å²) in [6.07, 6.45) is 0.414. The monoisotopic (exact) mass is 250 g/mol. The Hall–Kier alpha value is -1.71. The lowest BCUT2D eigenvalue weighted by molar-refractivity contribution is -0.147. The fourth-order valence-electron chi connectivity index (χ4n) is 1.68. The van der Waals surface area contributed by atoms with Crippen molar-refractivity contribution in [2.24, 2.45) is 5.41 Å². The maximum absolute atomic E-state index is 11.6. The molecule has 1 aromatic rings. The minimum Gasteiger partial charge on any atom is -0.461 e. The molecule has 0 fully saturated rings. The zero-order valence-electron chi connectivity index (χ0n) is 11.0. The number of ether oxygens (including phenoxy) is 3. The zero-order valence-corrected chi connectivity index (χ0v) is 11.0. The fourth-order valence-corrected chi connectivity index (χ4v) is 1.68. The van der Waals surface area contributed by atoms with Crippen LogP contribution in [0.5, 0.6) is 11.5 Å². The minimum absolute atomic E-state index is 0.0496. The summed E-state index contributed by atoms with van der Waals surface area (Å²) in [5, 5.41) is 0. The van der Waals surface area contributed by atoms with Gasteiger partial charge in [-0.15, -0.1) is 0 Å². The molecule has 4 nitrogen and oxygen atoms in total. The molecular weight excluding hydrogens is 232 g/mol. The van der Waals surface area contributed by atoms with E-state index in [1.54, 1.807) is 0 Å². The van der Waals surface area contributed by atoms with Crippen molar-refractivity contribution in [1.82, 2.24) is 0 Å². The average molecular weight is 250 g/mol. The second-order valence-electron chi connectivity index (χ2n) is 5.59. The number of benzene rings is 1. The van der Waals surface area contributed by atoms with Gasteiger partial charge in [0.15, 0.2) is 11.5 Å². The number of fused-ring (bicyclic) bond motifs is 1. The third kappa shape index (κ3) is 3.39. The van der Waals surface area contributed by atoms with E-state index in [0.29, 0.717) is 12.2 Å². The Morgan fingerprint density at radius 3 is 2.72 bits per heavy atom. The molecule has 2 rings (SSSR count). The maximum atomic E-state index is 11.6. The maximum Gasteiger partial charge on any atom is 0.306 e. The van der Waals surface area contributed by atoms with Gasteiger partial charge < -0.3 is 14.2 Å². The standard InChI is InChI=1S/C14H18O4/c1-14(2,3)7-13(15)16-8-10-4-5-11-12(6-10)18-9-17-11/h4-6H,7-9H2,1-3H3. The second kappa shape index (κ2) is 4.88. The molecule has 0 N–H and O–H groups in total. The first-order valence-electron chi connectivity index (χ1n) is 5.98. The Morgan fingerprint density at radius 2 is 2.00 bits per heavy atom. The molecule has 0 spiro atoms. The molecule has 1 aromatic carbocycles. The third-order valence-electron chi connectivity index (χ3n) is 2.51. The summed E-state index contributed by atoms with van der Waals surface area (Å²) in [5.41, 5.74) is 0.855. The van der Waals surface area contributed by atoms with E-state index in [4.69, 9.17) is 14.2 Å². The van der Waals surface area contributed by atoms with Crippen LogP contribution in [-0.2, 0) is 16.1 Å². The summed E-state index contributed by atoms with van der Waals surface area (Å²) in [5.74, 6) is 1.26. The van der Waals surface area contributed by atoms with Crippen molar-refractivity contribution in [2.45, 2.75) is 33.8 Å². The number of hydrogen-bond acceptors (Lipinski definition) is 4. The first-order valence-corrected chi connectivity index (χ1v) is 5.98. The van der Waals surface area contributed by atoms with Crippen LogP contribution in [0.15, 0.2) is 18.2 Å². The number of carbonyl (C=O) groups excluding carboxylic acids is 1. The second-order valence-corrected chi connectivity index (χ2v) is 5.59. The molecule has 1 aliphatic rings. The van der Waals surface area contributed by atoms with Crippen LogP contribution in [0.2, 0.25) is 0 Å². The quantitative estimate of drug-likeness (QED) is 0.774. The van der Waals surface area contributed by atoms with Gasteiger partial charge in [0.1, 0.15) is 6.61 Å². The molecule has 0 bridgehead atoms. The fraction of sp³-hybridized carbons (Fsp3) is 0.500. The Labute approximate surface area is 107 Å². The molecular formula is C14H18O4. The zero-order chi connectivity index (χ0) is 13.2. The van der Waals surface area contributed by atoms with E-state index in [1.807, 2.05) is 39.0 Å². The summed E-state index contributed by atoms with van der Waals surface area (Å²) in [7, 11) is 0. The van der Waals surface area contributed by atoms with Crippen LogP contribution in [0.4, 0.5) is 0 Å². The Bertz CT molecular complexity index is 446. The molecule has 1 heterocycles. The molecule has 0 atom stereocenters. The lowest BCUT2D eigenvalue weighted by atomic mass is 9.92. The summed E-state index contributed by atoms with van der Waals surface area (Å²) >= 11 is 0. The van der Waals surface area contributed by atoms with E-state index >= 15 is 0 Å². The van der Waals surface area contributed by atoms with E-state index < -0.39 is 0 Å². The van der Waals surface area contributed by atoms with Crippen LogP contribution in [-0.4, -0.2) is 12.8 Å². The predicted octanol–water partition coefficient (Wildman–Crippen LogP) is 2.89. The lowest BCUT2D eigenvalue weighted by Crippen LogP contribution is -2.15. The topological polar surface area (TPSA) is 44.8 Å².